The van der Waals surface area contributed by atoms with E-state index >= 15 is 0 Å². The van der Waals surface area contributed by atoms with Crippen LogP contribution in [0.2, 0.25) is 5.28 Å². The first-order valence-electron chi connectivity index (χ1n) is 5.99. The summed E-state index contributed by atoms with van der Waals surface area (Å²) in [5.74, 6) is 1.36. The van der Waals surface area contributed by atoms with Gasteiger partial charge in [0.05, 0.1) is 12.0 Å². The van der Waals surface area contributed by atoms with Gasteiger partial charge in [-0.15, -0.1) is 11.3 Å². The van der Waals surface area contributed by atoms with Gasteiger partial charge in [0.15, 0.2) is 0 Å². The summed E-state index contributed by atoms with van der Waals surface area (Å²) in [7, 11) is 0. The van der Waals surface area contributed by atoms with Gasteiger partial charge < -0.3 is 10.1 Å². The molecule has 0 amide bonds. The predicted molar refractivity (Wildman–Crippen MR) is 74.4 cm³/mol. The number of hydrogen-bond donors (Lipinski definition) is 1. The molecule has 2 aromatic heterocycles. The third-order valence-corrected chi connectivity index (χ3v) is 4.31. The van der Waals surface area contributed by atoms with Crippen LogP contribution in [0.15, 0.2) is 11.4 Å². The van der Waals surface area contributed by atoms with E-state index in [0.29, 0.717) is 17.2 Å². The summed E-state index contributed by atoms with van der Waals surface area (Å²) < 4.78 is 5.42. The molecule has 2 aromatic rings. The summed E-state index contributed by atoms with van der Waals surface area (Å²) in [6.07, 6.45) is 1.10. The maximum absolute atomic E-state index is 5.94. The average molecular weight is 284 g/mol. The Morgan fingerprint density at radius 1 is 1.56 bits per heavy atom. The van der Waals surface area contributed by atoms with Crippen molar-refractivity contribution in [2.45, 2.75) is 19.4 Å². The predicted octanol–water partition coefficient (Wildman–Crippen LogP) is 3.18. The number of aromatic nitrogens is 2. The molecule has 2 unspecified atom stereocenters. The van der Waals surface area contributed by atoms with E-state index in [2.05, 4.69) is 22.2 Å². The van der Waals surface area contributed by atoms with E-state index in [-0.39, 0.29) is 0 Å². The monoisotopic (exact) mass is 283 g/mol. The normalized spacial score (nSPS) is 21.3. The Bertz CT molecular complexity index is 553. The highest BCUT2D eigenvalue weighted by Crippen LogP contribution is 2.28. The lowest BCUT2D eigenvalue weighted by Crippen LogP contribution is -2.26. The van der Waals surface area contributed by atoms with Gasteiger partial charge in [0.2, 0.25) is 5.28 Å². The summed E-state index contributed by atoms with van der Waals surface area (Å²) in [5, 5.41) is 6.78. The number of nitrogens with one attached hydrogen (secondary N) is 1. The molecule has 0 radical (unpaired) electrons. The molecular formula is C12H14ClN3OS. The fourth-order valence-electron chi connectivity index (χ4n) is 2.22. The van der Waals surface area contributed by atoms with Gasteiger partial charge in [-0.2, -0.15) is 0 Å². The second-order valence-corrected chi connectivity index (χ2v) is 5.77. The number of hydrogen-bond acceptors (Lipinski definition) is 5. The quantitative estimate of drug-likeness (QED) is 0.879. The van der Waals surface area contributed by atoms with Crippen LogP contribution >= 0.6 is 22.9 Å². The van der Waals surface area contributed by atoms with Crippen molar-refractivity contribution in [3.8, 4) is 0 Å². The van der Waals surface area contributed by atoms with Gasteiger partial charge in [-0.05, 0) is 36.4 Å². The van der Waals surface area contributed by atoms with E-state index < -0.39 is 0 Å². The third-order valence-electron chi connectivity index (χ3n) is 3.33. The zero-order valence-electron chi connectivity index (χ0n) is 10.0. The number of anilines is 1. The molecule has 2 atom stereocenters. The molecule has 1 saturated heterocycles. The van der Waals surface area contributed by atoms with Crippen LogP contribution in [0.5, 0.6) is 0 Å². The molecule has 3 rings (SSSR count). The van der Waals surface area contributed by atoms with E-state index in [4.69, 9.17) is 16.3 Å². The summed E-state index contributed by atoms with van der Waals surface area (Å²) in [6, 6.07) is 2.35. The lowest BCUT2D eigenvalue weighted by atomic mass is 10.0. The van der Waals surface area contributed by atoms with Crippen LogP contribution in [0.4, 0.5) is 5.82 Å². The molecule has 0 spiro atoms. The molecule has 6 heteroatoms. The van der Waals surface area contributed by atoms with Crippen molar-refractivity contribution in [1.29, 1.82) is 0 Å². The maximum Gasteiger partial charge on any atom is 0.225 e. The first kappa shape index (κ1) is 12.1. The van der Waals surface area contributed by atoms with E-state index in [1.807, 2.05) is 11.4 Å². The lowest BCUT2D eigenvalue weighted by Gasteiger charge is -2.20. The summed E-state index contributed by atoms with van der Waals surface area (Å²) in [4.78, 5) is 9.43. The average Bonchev–Trinajstić information content (AvgIpc) is 2.98. The van der Waals surface area contributed by atoms with E-state index in [9.17, 15) is 0 Å². The number of rotatable bonds is 3. The minimum Gasteiger partial charge on any atom is -0.381 e. The van der Waals surface area contributed by atoms with Gasteiger partial charge in [0.1, 0.15) is 10.6 Å². The largest absolute Gasteiger partial charge is 0.381 e. The topological polar surface area (TPSA) is 47.0 Å². The first-order valence-corrected chi connectivity index (χ1v) is 7.25. The minimum atomic E-state index is 0.294. The van der Waals surface area contributed by atoms with Crippen LogP contribution in [0, 0.1) is 5.92 Å². The Morgan fingerprint density at radius 2 is 2.44 bits per heavy atom. The van der Waals surface area contributed by atoms with Crippen molar-refractivity contribution < 1.29 is 4.74 Å². The molecular weight excluding hydrogens is 270 g/mol. The first-order chi connectivity index (χ1) is 8.74. The molecule has 0 bridgehead atoms. The Kier molecular flexibility index (Phi) is 3.37. The fourth-order valence-corrected chi connectivity index (χ4v) is 3.20. The molecule has 0 aromatic carbocycles. The molecule has 96 valence electrons. The molecule has 1 N–H and O–H groups in total. The van der Waals surface area contributed by atoms with Crippen molar-refractivity contribution in [3.63, 3.8) is 0 Å². The van der Waals surface area contributed by atoms with Crippen molar-refractivity contribution in [2.24, 2.45) is 5.92 Å². The highest BCUT2D eigenvalue weighted by molar-refractivity contribution is 7.16. The molecule has 3 heterocycles. The number of halogens is 1. The number of thiophene rings is 1. The highest BCUT2D eigenvalue weighted by atomic mass is 35.5. The third kappa shape index (κ3) is 2.30. The summed E-state index contributed by atoms with van der Waals surface area (Å²) in [5.41, 5.74) is 0. The minimum absolute atomic E-state index is 0.294. The SMILES string of the molecule is CC(Nc1nc(Cl)nc2sccc12)C1CCOC1. The molecule has 4 nitrogen and oxygen atoms in total. The number of fused-ring (bicyclic) bond motifs is 1. The van der Waals surface area contributed by atoms with Crippen LogP contribution < -0.4 is 5.32 Å². The zero-order chi connectivity index (χ0) is 12.5. The zero-order valence-corrected chi connectivity index (χ0v) is 11.6. The van der Waals surface area contributed by atoms with Gasteiger partial charge in [0.25, 0.3) is 0 Å². The molecule has 18 heavy (non-hydrogen) atoms. The van der Waals surface area contributed by atoms with Crippen LogP contribution in [0.3, 0.4) is 0 Å². The molecule has 0 saturated carbocycles. The Labute approximate surface area is 114 Å². The van der Waals surface area contributed by atoms with Gasteiger partial charge >= 0.3 is 0 Å². The molecule has 1 aliphatic heterocycles. The Hall–Kier alpha value is -0.910. The van der Waals surface area contributed by atoms with Gasteiger partial charge in [-0.25, -0.2) is 9.97 Å². The number of nitrogens with zero attached hydrogens (tertiary/aromatic N) is 2. The summed E-state index contributed by atoms with van der Waals surface area (Å²) >= 11 is 7.52. The van der Waals surface area contributed by atoms with E-state index in [1.165, 1.54) is 0 Å². The standard InChI is InChI=1S/C12H14ClN3OS/c1-7(8-2-4-17-6-8)14-10-9-3-5-18-11(9)16-12(13)15-10/h3,5,7-8H,2,4,6H2,1H3,(H,14,15,16). The van der Waals surface area contributed by atoms with E-state index in [1.54, 1.807) is 11.3 Å². The van der Waals surface area contributed by atoms with Crippen molar-refractivity contribution >= 4 is 39.0 Å². The fraction of sp³-hybridized carbons (Fsp3) is 0.500. The van der Waals surface area contributed by atoms with Crippen LogP contribution in [0.1, 0.15) is 13.3 Å². The molecule has 1 fully saturated rings. The van der Waals surface area contributed by atoms with Crippen molar-refractivity contribution in [1.82, 2.24) is 9.97 Å². The highest BCUT2D eigenvalue weighted by Gasteiger charge is 2.23. The number of ether oxygens (including phenoxy) is 1. The van der Waals surface area contributed by atoms with Crippen LogP contribution in [0.25, 0.3) is 10.2 Å². The maximum atomic E-state index is 5.94. The Balaban J connectivity index is 1.86. The van der Waals surface area contributed by atoms with Crippen LogP contribution in [-0.4, -0.2) is 29.2 Å². The van der Waals surface area contributed by atoms with E-state index in [0.717, 1.165) is 35.7 Å². The second kappa shape index (κ2) is 4.99. The van der Waals surface area contributed by atoms with Crippen molar-refractivity contribution in [3.05, 3.63) is 16.7 Å². The summed E-state index contributed by atoms with van der Waals surface area (Å²) in [6.45, 7) is 3.84. The Morgan fingerprint density at radius 3 is 3.22 bits per heavy atom. The molecule has 0 aliphatic carbocycles. The van der Waals surface area contributed by atoms with Gasteiger partial charge in [0, 0.05) is 18.6 Å². The van der Waals surface area contributed by atoms with Gasteiger partial charge in [-0.3, -0.25) is 0 Å². The second-order valence-electron chi connectivity index (χ2n) is 4.54. The molecule has 1 aliphatic rings. The van der Waals surface area contributed by atoms with Gasteiger partial charge in [-0.1, -0.05) is 0 Å². The van der Waals surface area contributed by atoms with Crippen molar-refractivity contribution in [2.75, 3.05) is 18.5 Å². The lowest BCUT2D eigenvalue weighted by molar-refractivity contribution is 0.183. The van der Waals surface area contributed by atoms with Crippen LogP contribution in [-0.2, 0) is 4.74 Å². The smallest absolute Gasteiger partial charge is 0.225 e.